The van der Waals surface area contributed by atoms with Crippen molar-refractivity contribution in [1.29, 1.82) is 0 Å². The van der Waals surface area contributed by atoms with Gasteiger partial charge in [0.25, 0.3) is 0 Å². The molecule has 3 aromatic heterocycles. The monoisotopic (exact) mass is 419 g/mol. The molecule has 0 aliphatic rings. The fourth-order valence-electron chi connectivity index (χ4n) is 2.60. The SMILES string of the molecule is CC(c1nnc(CNS(=O)O)o1)c1nc2ccc(-c3ccc(F)nc3)cc2s1. The zero-order valence-corrected chi connectivity index (χ0v) is 16.1. The molecule has 2 atom stereocenters. The van der Waals surface area contributed by atoms with Gasteiger partial charge in [-0.1, -0.05) is 6.07 Å². The molecule has 0 aliphatic heterocycles. The first-order valence-electron chi connectivity index (χ1n) is 8.18. The Balaban J connectivity index is 1.59. The lowest BCUT2D eigenvalue weighted by molar-refractivity contribution is 0.432. The minimum atomic E-state index is -2.15. The summed E-state index contributed by atoms with van der Waals surface area (Å²) in [6.45, 7) is 1.90. The van der Waals surface area contributed by atoms with Crippen LogP contribution in [-0.2, 0) is 17.8 Å². The topological polar surface area (TPSA) is 114 Å². The van der Waals surface area contributed by atoms with Crippen LogP contribution < -0.4 is 4.72 Å². The summed E-state index contributed by atoms with van der Waals surface area (Å²) in [5.41, 5.74) is 2.58. The van der Waals surface area contributed by atoms with Crippen LogP contribution in [0.1, 0.15) is 29.6 Å². The molecule has 4 aromatic rings. The molecule has 0 aliphatic carbocycles. The molecular formula is C17H14FN5O3S2. The number of hydrogen-bond acceptors (Lipinski definition) is 7. The van der Waals surface area contributed by atoms with Crippen molar-refractivity contribution in [3.8, 4) is 11.1 Å². The third kappa shape index (κ3) is 3.97. The molecule has 144 valence electrons. The average molecular weight is 419 g/mol. The highest BCUT2D eigenvalue weighted by Crippen LogP contribution is 2.33. The second-order valence-electron chi connectivity index (χ2n) is 5.93. The summed E-state index contributed by atoms with van der Waals surface area (Å²) in [6, 6.07) is 8.81. The van der Waals surface area contributed by atoms with Gasteiger partial charge in [-0.15, -0.1) is 21.5 Å². The number of pyridine rings is 1. The minimum Gasteiger partial charge on any atom is -0.423 e. The summed E-state index contributed by atoms with van der Waals surface area (Å²) < 4.78 is 41.2. The van der Waals surface area contributed by atoms with Crippen molar-refractivity contribution in [2.45, 2.75) is 19.4 Å². The van der Waals surface area contributed by atoms with E-state index in [0.29, 0.717) is 5.89 Å². The Morgan fingerprint density at radius 1 is 1.29 bits per heavy atom. The zero-order chi connectivity index (χ0) is 19.7. The van der Waals surface area contributed by atoms with E-state index in [9.17, 15) is 8.60 Å². The molecule has 28 heavy (non-hydrogen) atoms. The van der Waals surface area contributed by atoms with Crippen molar-refractivity contribution in [1.82, 2.24) is 24.9 Å². The number of hydrogen-bond donors (Lipinski definition) is 2. The molecule has 0 fully saturated rings. The van der Waals surface area contributed by atoms with Crippen LogP contribution in [-0.4, -0.2) is 28.9 Å². The van der Waals surface area contributed by atoms with Gasteiger partial charge in [0.1, 0.15) is 5.01 Å². The molecule has 1 aromatic carbocycles. The lowest BCUT2D eigenvalue weighted by atomic mass is 10.1. The molecule has 8 nitrogen and oxygen atoms in total. The number of nitrogens with zero attached hydrogens (tertiary/aromatic N) is 4. The maximum absolute atomic E-state index is 13.0. The first kappa shape index (κ1) is 18.7. The molecule has 0 saturated heterocycles. The fraction of sp³-hybridized carbons (Fsp3) is 0.176. The molecule has 0 amide bonds. The second-order valence-corrected chi connectivity index (χ2v) is 7.78. The van der Waals surface area contributed by atoms with Crippen LogP contribution in [0.3, 0.4) is 0 Å². The number of aromatic nitrogens is 4. The quantitative estimate of drug-likeness (QED) is 0.364. The maximum Gasteiger partial charge on any atom is 0.232 e. The molecule has 0 bridgehead atoms. The van der Waals surface area contributed by atoms with E-state index in [1.165, 1.54) is 23.6 Å². The minimum absolute atomic E-state index is 0.00224. The Kier molecular flexibility index (Phi) is 5.22. The van der Waals surface area contributed by atoms with Crippen LogP contribution in [0.5, 0.6) is 0 Å². The van der Waals surface area contributed by atoms with E-state index in [-0.39, 0.29) is 18.4 Å². The predicted molar refractivity (Wildman–Crippen MR) is 102 cm³/mol. The number of fused-ring (bicyclic) bond motifs is 1. The van der Waals surface area contributed by atoms with Crippen molar-refractivity contribution >= 4 is 32.8 Å². The van der Waals surface area contributed by atoms with E-state index in [2.05, 4.69) is 24.9 Å². The molecule has 0 radical (unpaired) electrons. The summed E-state index contributed by atoms with van der Waals surface area (Å²) >= 11 is -0.645. The largest absolute Gasteiger partial charge is 0.423 e. The van der Waals surface area contributed by atoms with Crippen LogP contribution in [0, 0.1) is 5.95 Å². The Morgan fingerprint density at radius 2 is 2.11 bits per heavy atom. The van der Waals surface area contributed by atoms with Gasteiger partial charge in [0, 0.05) is 11.8 Å². The predicted octanol–water partition coefficient (Wildman–Crippen LogP) is 3.26. The average Bonchev–Trinajstić information content (AvgIpc) is 3.33. The normalized spacial score (nSPS) is 13.7. The summed E-state index contributed by atoms with van der Waals surface area (Å²) in [4.78, 5) is 8.32. The molecule has 4 rings (SSSR count). The van der Waals surface area contributed by atoms with E-state index < -0.39 is 17.2 Å². The first-order valence-corrected chi connectivity index (χ1v) is 10.1. The van der Waals surface area contributed by atoms with Crippen LogP contribution in [0.25, 0.3) is 21.3 Å². The summed E-state index contributed by atoms with van der Waals surface area (Å²) in [7, 11) is 0. The van der Waals surface area contributed by atoms with Crippen LogP contribution >= 0.6 is 11.3 Å². The standard InChI is InChI=1S/C17H14FN5O3S2/c1-9(16-23-22-15(26-16)8-20-28(24)25)17-21-12-4-2-10(6-13(12)27-17)11-3-5-14(18)19-7-11/h2-7,9,20H,8H2,1H3,(H,24,25). The molecule has 3 heterocycles. The highest BCUT2D eigenvalue weighted by atomic mass is 32.2. The summed E-state index contributed by atoms with van der Waals surface area (Å²) in [5.74, 6) is -0.147. The van der Waals surface area contributed by atoms with Crippen molar-refractivity contribution < 1.29 is 17.6 Å². The molecular weight excluding hydrogens is 405 g/mol. The number of thiazole rings is 1. The van der Waals surface area contributed by atoms with Crippen LogP contribution in [0.2, 0.25) is 0 Å². The van der Waals surface area contributed by atoms with E-state index in [0.717, 1.165) is 26.4 Å². The van der Waals surface area contributed by atoms with Crippen molar-refractivity contribution in [3.05, 3.63) is 59.3 Å². The molecule has 2 N–H and O–H groups in total. The van der Waals surface area contributed by atoms with Gasteiger partial charge < -0.3 is 4.42 Å². The third-order valence-corrected chi connectivity index (χ3v) is 5.63. The van der Waals surface area contributed by atoms with Crippen molar-refractivity contribution in [2.24, 2.45) is 0 Å². The van der Waals surface area contributed by atoms with Crippen molar-refractivity contribution in [2.75, 3.05) is 0 Å². The van der Waals surface area contributed by atoms with Gasteiger partial charge in [-0.25, -0.2) is 18.9 Å². The first-order chi connectivity index (χ1) is 13.5. The molecule has 2 unspecified atom stereocenters. The van der Waals surface area contributed by atoms with Gasteiger partial charge in [-0.05, 0) is 36.8 Å². The van der Waals surface area contributed by atoms with Gasteiger partial charge in [-0.3, -0.25) is 4.55 Å². The van der Waals surface area contributed by atoms with E-state index in [1.807, 2.05) is 25.1 Å². The number of benzene rings is 1. The van der Waals surface area contributed by atoms with Gasteiger partial charge in [0.15, 0.2) is 0 Å². The van der Waals surface area contributed by atoms with Gasteiger partial charge >= 0.3 is 0 Å². The van der Waals surface area contributed by atoms with Gasteiger partial charge in [0.2, 0.25) is 29.0 Å². The molecule has 11 heteroatoms. The molecule has 0 spiro atoms. The number of rotatable bonds is 6. The number of halogens is 1. The Labute approximate surface area is 165 Å². The van der Waals surface area contributed by atoms with E-state index >= 15 is 0 Å². The second kappa shape index (κ2) is 7.80. The van der Waals surface area contributed by atoms with Crippen LogP contribution in [0.15, 0.2) is 40.9 Å². The Hall–Kier alpha value is -2.60. The van der Waals surface area contributed by atoms with E-state index in [4.69, 9.17) is 8.97 Å². The fourth-order valence-corrected chi connectivity index (χ4v) is 3.89. The van der Waals surface area contributed by atoms with E-state index in [1.54, 1.807) is 6.07 Å². The zero-order valence-electron chi connectivity index (χ0n) is 14.5. The third-order valence-electron chi connectivity index (χ3n) is 4.04. The Bertz CT molecular complexity index is 1150. The lowest BCUT2D eigenvalue weighted by Crippen LogP contribution is -2.15. The molecule has 0 saturated carbocycles. The van der Waals surface area contributed by atoms with Gasteiger partial charge in [-0.2, -0.15) is 4.39 Å². The summed E-state index contributed by atoms with van der Waals surface area (Å²) in [5, 5.41) is 8.67. The smallest absolute Gasteiger partial charge is 0.232 e. The number of nitrogens with one attached hydrogen (secondary N) is 1. The van der Waals surface area contributed by atoms with Crippen molar-refractivity contribution in [3.63, 3.8) is 0 Å². The highest BCUT2D eigenvalue weighted by Gasteiger charge is 2.20. The van der Waals surface area contributed by atoms with Gasteiger partial charge in [0.05, 0.1) is 22.7 Å². The highest BCUT2D eigenvalue weighted by molar-refractivity contribution is 7.77. The Morgan fingerprint density at radius 3 is 2.86 bits per heavy atom. The summed E-state index contributed by atoms with van der Waals surface area (Å²) in [6.07, 6.45) is 1.49. The maximum atomic E-state index is 13.0. The van der Waals surface area contributed by atoms with Crippen LogP contribution in [0.4, 0.5) is 4.39 Å². The lowest BCUT2D eigenvalue weighted by Gasteiger charge is -2.01.